The summed E-state index contributed by atoms with van der Waals surface area (Å²) in [6, 6.07) is 0.902. The molecular formula is C20H23F5O. The number of halogens is 5. The molecule has 0 saturated heterocycles. The first-order chi connectivity index (χ1) is 12.3. The first-order valence-corrected chi connectivity index (χ1v) is 9.14. The zero-order valence-corrected chi connectivity index (χ0v) is 14.5. The first kappa shape index (κ1) is 19.2. The van der Waals surface area contributed by atoms with Gasteiger partial charge in [-0.1, -0.05) is 12.2 Å². The quantitative estimate of drug-likeness (QED) is 0.327. The molecule has 0 aliphatic heterocycles. The van der Waals surface area contributed by atoms with Crippen LogP contribution in [0.5, 0.6) is 5.75 Å². The van der Waals surface area contributed by atoms with Crippen LogP contribution in [0.3, 0.4) is 0 Å². The molecule has 1 nitrogen and oxygen atoms in total. The number of alkyl halides is 2. The Morgan fingerprint density at radius 2 is 1.35 bits per heavy atom. The highest BCUT2D eigenvalue weighted by Crippen LogP contribution is 2.45. The van der Waals surface area contributed by atoms with E-state index in [4.69, 9.17) is 0 Å². The highest BCUT2D eigenvalue weighted by atomic mass is 19.3. The Hall–Kier alpha value is -1.59. The minimum atomic E-state index is -3.54. The summed E-state index contributed by atoms with van der Waals surface area (Å²) in [5.74, 6) is -5.48. The second-order valence-corrected chi connectivity index (χ2v) is 7.56. The third kappa shape index (κ3) is 4.21. The minimum absolute atomic E-state index is 0.307. The third-order valence-corrected chi connectivity index (χ3v) is 5.86. The predicted octanol–water partition coefficient (Wildman–Crippen LogP) is 6.63. The molecule has 144 valence electrons. The van der Waals surface area contributed by atoms with Gasteiger partial charge < -0.3 is 4.74 Å². The number of benzene rings is 1. The summed E-state index contributed by atoms with van der Waals surface area (Å²) in [6.45, 7) is 4.00. The molecule has 0 aromatic heterocycles. The molecular weight excluding hydrogens is 351 g/mol. The normalized spacial score (nSPS) is 25.3. The summed E-state index contributed by atoms with van der Waals surface area (Å²) in [7, 11) is 0. The molecule has 0 atom stereocenters. The Labute approximate surface area is 150 Å². The summed E-state index contributed by atoms with van der Waals surface area (Å²) >= 11 is 0. The van der Waals surface area contributed by atoms with E-state index in [1.165, 1.54) is 5.57 Å². The predicted molar refractivity (Wildman–Crippen MR) is 88.4 cm³/mol. The molecule has 2 fully saturated rings. The summed E-state index contributed by atoms with van der Waals surface area (Å²) in [6.07, 6.45) is 2.67. The Morgan fingerprint density at radius 3 is 1.88 bits per heavy atom. The Balaban J connectivity index is 1.58. The third-order valence-electron chi connectivity index (χ3n) is 5.86. The zero-order chi connectivity index (χ0) is 18.9. The van der Waals surface area contributed by atoms with Gasteiger partial charge in [0.15, 0.2) is 17.5 Å². The molecule has 0 radical (unpaired) electrons. The molecule has 0 spiro atoms. The Bertz CT molecular complexity index is 631. The summed E-state index contributed by atoms with van der Waals surface area (Å²) < 4.78 is 72.7. The molecule has 1 aromatic carbocycles. The highest BCUT2D eigenvalue weighted by Gasteiger charge is 2.45. The van der Waals surface area contributed by atoms with Crippen molar-refractivity contribution in [3.05, 3.63) is 41.7 Å². The minimum Gasteiger partial charge on any atom is -0.432 e. The number of hydrogen-bond acceptors (Lipinski definition) is 1. The van der Waals surface area contributed by atoms with E-state index in [9.17, 15) is 22.0 Å². The van der Waals surface area contributed by atoms with E-state index in [1.54, 1.807) is 0 Å². The molecule has 26 heavy (non-hydrogen) atoms. The van der Waals surface area contributed by atoms with E-state index in [0.717, 1.165) is 25.7 Å². The van der Waals surface area contributed by atoms with Crippen molar-refractivity contribution >= 4 is 0 Å². The fourth-order valence-electron chi connectivity index (χ4n) is 4.28. The smallest absolute Gasteiger partial charge is 0.400 e. The van der Waals surface area contributed by atoms with Crippen molar-refractivity contribution < 1.29 is 26.7 Å². The van der Waals surface area contributed by atoms with Crippen molar-refractivity contribution in [3.63, 3.8) is 0 Å². The second-order valence-electron chi connectivity index (χ2n) is 7.56. The van der Waals surface area contributed by atoms with E-state index in [2.05, 4.69) is 11.3 Å². The standard InChI is InChI=1S/C20H23F5O/c1-12-2-4-13(5-3-12)14-6-8-15(9-7-14)20(24,25)26-16-10-17(21)19(23)18(22)11-16/h10-11,13-15H,1-9H2. The lowest BCUT2D eigenvalue weighted by molar-refractivity contribution is -0.224. The first-order valence-electron chi connectivity index (χ1n) is 9.14. The molecule has 1 aromatic rings. The molecule has 0 amide bonds. The molecule has 2 aliphatic carbocycles. The van der Waals surface area contributed by atoms with Gasteiger partial charge in [0.2, 0.25) is 0 Å². The average molecular weight is 374 g/mol. The van der Waals surface area contributed by atoms with Gasteiger partial charge in [0.25, 0.3) is 0 Å². The molecule has 3 rings (SSSR count). The van der Waals surface area contributed by atoms with Crippen LogP contribution in [0.25, 0.3) is 0 Å². The van der Waals surface area contributed by atoms with Crippen molar-refractivity contribution in [2.24, 2.45) is 17.8 Å². The van der Waals surface area contributed by atoms with Crippen LogP contribution in [0.1, 0.15) is 51.4 Å². The van der Waals surface area contributed by atoms with Crippen LogP contribution in [-0.4, -0.2) is 6.11 Å². The maximum absolute atomic E-state index is 14.4. The van der Waals surface area contributed by atoms with Gasteiger partial charge in [-0.25, -0.2) is 13.2 Å². The lowest BCUT2D eigenvalue weighted by Gasteiger charge is -2.38. The molecule has 0 N–H and O–H groups in total. The topological polar surface area (TPSA) is 9.23 Å². The molecule has 2 saturated carbocycles. The van der Waals surface area contributed by atoms with Crippen LogP contribution in [0.4, 0.5) is 22.0 Å². The van der Waals surface area contributed by atoms with E-state index < -0.39 is 35.2 Å². The largest absolute Gasteiger partial charge is 0.432 e. The summed E-state index contributed by atoms with van der Waals surface area (Å²) in [5, 5.41) is 0. The van der Waals surface area contributed by atoms with Crippen molar-refractivity contribution in [2.75, 3.05) is 0 Å². The summed E-state index contributed by atoms with van der Waals surface area (Å²) in [5.41, 5.74) is 1.27. The maximum atomic E-state index is 14.4. The number of rotatable bonds is 4. The zero-order valence-electron chi connectivity index (χ0n) is 14.5. The van der Waals surface area contributed by atoms with E-state index in [-0.39, 0.29) is 0 Å². The Morgan fingerprint density at radius 1 is 0.846 bits per heavy atom. The van der Waals surface area contributed by atoms with Gasteiger partial charge in [-0.05, 0) is 63.2 Å². The molecule has 0 bridgehead atoms. The van der Waals surface area contributed by atoms with Crippen LogP contribution in [0.15, 0.2) is 24.3 Å². The van der Waals surface area contributed by atoms with Gasteiger partial charge in [-0.2, -0.15) is 8.78 Å². The monoisotopic (exact) mass is 374 g/mol. The maximum Gasteiger partial charge on any atom is 0.400 e. The van der Waals surface area contributed by atoms with Crippen molar-refractivity contribution in [3.8, 4) is 5.75 Å². The van der Waals surface area contributed by atoms with Crippen LogP contribution >= 0.6 is 0 Å². The lowest BCUT2D eigenvalue weighted by Crippen LogP contribution is -2.38. The van der Waals surface area contributed by atoms with Crippen LogP contribution < -0.4 is 4.74 Å². The van der Waals surface area contributed by atoms with Gasteiger partial charge in [-0.15, -0.1) is 0 Å². The van der Waals surface area contributed by atoms with Crippen molar-refractivity contribution in [1.82, 2.24) is 0 Å². The molecule has 2 aliphatic rings. The van der Waals surface area contributed by atoms with Crippen LogP contribution in [0.2, 0.25) is 0 Å². The van der Waals surface area contributed by atoms with E-state index in [1.807, 2.05) is 0 Å². The highest BCUT2D eigenvalue weighted by molar-refractivity contribution is 5.25. The average Bonchev–Trinajstić information content (AvgIpc) is 2.60. The van der Waals surface area contributed by atoms with E-state index in [0.29, 0.717) is 49.7 Å². The molecule has 0 heterocycles. The number of allylic oxidation sites excluding steroid dienone is 1. The summed E-state index contributed by atoms with van der Waals surface area (Å²) in [4.78, 5) is 0. The van der Waals surface area contributed by atoms with Gasteiger partial charge >= 0.3 is 6.11 Å². The second kappa shape index (κ2) is 7.57. The van der Waals surface area contributed by atoms with Gasteiger partial charge in [0.1, 0.15) is 5.75 Å². The number of hydrogen-bond donors (Lipinski definition) is 0. The number of ether oxygens (including phenoxy) is 1. The fourth-order valence-corrected chi connectivity index (χ4v) is 4.28. The van der Waals surface area contributed by atoms with Gasteiger partial charge in [0.05, 0.1) is 5.92 Å². The van der Waals surface area contributed by atoms with Crippen LogP contribution in [-0.2, 0) is 0 Å². The Kier molecular flexibility index (Phi) is 5.58. The molecule has 6 heteroatoms. The van der Waals surface area contributed by atoms with Crippen molar-refractivity contribution in [2.45, 2.75) is 57.5 Å². The lowest BCUT2D eigenvalue weighted by atomic mass is 9.70. The van der Waals surface area contributed by atoms with E-state index >= 15 is 0 Å². The van der Waals surface area contributed by atoms with Gasteiger partial charge in [0, 0.05) is 12.1 Å². The SMILES string of the molecule is C=C1CCC(C2CCC(C(F)(F)Oc3cc(F)c(F)c(F)c3)CC2)CC1. The van der Waals surface area contributed by atoms with Gasteiger partial charge in [-0.3, -0.25) is 0 Å². The van der Waals surface area contributed by atoms with Crippen LogP contribution in [0, 0.1) is 35.2 Å². The fraction of sp³-hybridized carbons (Fsp3) is 0.600. The molecule has 0 unspecified atom stereocenters. The van der Waals surface area contributed by atoms with Crippen molar-refractivity contribution in [1.29, 1.82) is 0 Å².